The van der Waals surface area contributed by atoms with Crippen molar-refractivity contribution < 1.29 is 35.9 Å². The number of rotatable bonds is 8. The van der Waals surface area contributed by atoms with Gasteiger partial charge in [0, 0.05) is 42.9 Å². The Kier molecular flexibility index (Phi) is 6.54. The zero-order valence-corrected chi connectivity index (χ0v) is 22.3. The van der Waals surface area contributed by atoms with E-state index in [9.17, 15) is 35.9 Å². The normalized spacial score (nSPS) is 24.5. The van der Waals surface area contributed by atoms with Crippen LogP contribution in [0, 0.1) is 11.8 Å². The van der Waals surface area contributed by atoms with Crippen LogP contribution in [0.25, 0.3) is 0 Å². The second kappa shape index (κ2) is 9.73. The topological polar surface area (TPSA) is 119 Å². The SMILES string of the molecule is Cn1nc(C(F)(F)F)cc1Nc1nncn1[C@H]1CCc2sc(NC(=O)[C@H]3C[C@H]3F)c(C(=O)NC[C@@H]3CC3(F)F)c2C1. The summed E-state index contributed by atoms with van der Waals surface area (Å²) in [6.45, 7) is -0.230. The van der Waals surface area contributed by atoms with E-state index in [1.807, 2.05) is 0 Å². The zero-order valence-electron chi connectivity index (χ0n) is 21.4. The number of aromatic nitrogens is 5. The minimum atomic E-state index is -4.63. The Labute approximate surface area is 232 Å². The van der Waals surface area contributed by atoms with Crippen molar-refractivity contribution in [3.63, 3.8) is 0 Å². The summed E-state index contributed by atoms with van der Waals surface area (Å²) in [5.74, 6) is -5.55. The minimum absolute atomic E-state index is 0.0341. The fourth-order valence-electron chi connectivity index (χ4n) is 5.00. The third-order valence-electron chi connectivity index (χ3n) is 7.59. The van der Waals surface area contributed by atoms with Crippen molar-refractivity contribution in [2.45, 2.75) is 56.4 Å². The molecule has 2 amide bonds. The lowest BCUT2D eigenvalue weighted by Crippen LogP contribution is -2.29. The van der Waals surface area contributed by atoms with Gasteiger partial charge in [0.05, 0.1) is 11.5 Å². The minimum Gasteiger partial charge on any atom is -0.351 e. The van der Waals surface area contributed by atoms with Crippen LogP contribution in [-0.2, 0) is 30.9 Å². The van der Waals surface area contributed by atoms with E-state index in [1.54, 1.807) is 4.57 Å². The van der Waals surface area contributed by atoms with Crippen molar-refractivity contribution in [3.05, 3.63) is 34.1 Å². The summed E-state index contributed by atoms with van der Waals surface area (Å²) < 4.78 is 82.3. The van der Waals surface area contributed by atoms with E-state index < -0.39 is 47.6 Å². The second-order valence-electron chi connectivity index (χ2n) is 10.5. The molecular formula is C24H24F6N8O2S. The number of amides is 2. The molecule has 10 nitrogen and oxygen atoms in total. The fourth-order valence-corrected chi connectivity index (χ4v) is 6.25. The summed E-state index contributed by atoms with van der Waals surface area (Å²) in [6.07, 6.45) is -3.37. The first kappa shape index (κ1) is 27.5. The number of hydrogen-bond donors (Lipinski definition) is 3. The average Bonchev–Trinajstić information content (AvgIpc) is 3.50. The Morgan fingerprint density at radius 1 is 1.27 bits per heavy atom. The quantitative estimate of drug-likeness (QED) is 0.332. The molecule has 220 valence electrons. The van der Waals surface area contributed by atoms with E-state index >= 15 is 0 Å². The first-order valence-corrected chi connectivity index (χ1v) is 13.7. The smallest absolute Gasteiger partial charge is 0.351 e. The van der Waals surface area contributed by atoms with Gasteiger partial charge in [0.15, 0.2) is 5.69 Å². The molecule has 3 heterocycles. The van der Waals surface area contributed by atoms with Gasteiger partial charge in [-0.3, -0.25) is 18.8 Å². The predicted molar refractivity (Wildman–Crippen MR) is 134 cm³/mol. The van der Waals surface area contributed by atoms with Gasteiger partial charge in [-0.1, -0.05) is 0 Å². The maximum absolute atomic E-state index is 13.5. The molecule has 0 spiro atoms. The summed E-state index contributed by atoms with van der Waals surface area (Å²) in [7, 11) is 1.35. The number of halogens is 6. The largest absolute Gasteiger partial charge is 0.435 e. The van der Waals surface area contributed by atoms with Crippen molar-refractivity contribution in [1.29, 1.82) is 0 Å². The number of anilines is 3. The Balaban J connectivity index is 1.25. The standard InChI is InChI=1S/C24H24F6N8O2S/c1-37-17(6-16(36-37)24(28,29)30)33-22-35-32-9-38(22)11-2-3-15-13(4-11)18(20(40)31-8-10-7-23(10,26)27)21(41-15)34-19(39)12-5-14(12)25/h6,9-12,14H,2-5,7-8H2,1H3,(H,31,40)(H,33,35)(H,34,39)/t10-,11-,12-,14+/m0/s1. The zero-order chi connectivity index (χ0) is 29.3. The van der Waals surface area contributed by atoms with Crippen molar-refractivity contribution in [2.24, 2.45) is 18.9 Å². The lowest BCUT2D eigenvalue weighted by molar-refractivity contribution is -0.141. The monoisotopic (exact) mass is 602 g/mol. The molecule has 0 aromatic carbocycles. The highest BCUT2D eigenvalue weighted by Gasteiger charge is 2.56. The Bertz CT molecular complexity index is 1510. The number of hydrogen-bond acceptors (Lipinski definition) is 7. The van der Waals surface area contributed by atoms with E-state index in [0.717, 1.165) is 15.6 Å². The molecule has 0 bridgehead atoms. The summed E-state index contributed by atoms with van der Waals surface area (Å²) in [5.41, 5.74) is -0.325. The maximum atomic E-state index is 13.5. The number of alkyl halides is 6. The van der Waals surface area contributed by atoms with Crippen LogP contribution in [0.3, 0.4) is 0 Å². The third-order valence-corrected chi connectivity index (χ3v) is 8.80. The number of fused-ring (bicyclic) bond motifs is 1. The fraction of sp³-hybridized carbons (Fsp3) is 0.542. The van der Waals surface area contributed by atoms with Crippen LogP contribution in [0.1, 0.15) is 51.8 Å². The lowest BCUT2D eigenvalue weighted by Gasteiger charge is -2.25. The number of carbonyl (C=O) groups excluding carboxylic acids is 2. The van der Waals surface area contributed by atoms with Gasteiger partial charge in [0.25, 0.3) is 11.8 Å². The number of nitrogens with one attached hydrogen (secondary N) is 3. The molecule has 6 rings (SSSR count). The third kappa shape index (κ3) is 5.38. The summed E-state index contributed by atoms with van der Waals surface area (Å²) >= 11 is 1.19. The van der Waals surface area contributed by atoms with Crippen LogP contribution < -0.4 is 16.0 Å². The Morgan fingerprint density at radius 2 is 2.00 bits per heavy atom. The number of aryl methyl sites for hydroxylation is 2. The van der Waals surface area contributed by atoms with Gasteiger partial charge < -0.3 is 16.0 Å². The van der Waals surface area contributed by atoms with Crippen LogP contribution in [0.4, 0.5) is 43.1 Å². The highest BCUT2D eigenvalue weighted by molar-refractivity contribution is 7.17. The van der Waals surface area contributed by atoms with E-state index in [2.05, 4.69) is 31.2 Å². The van der Waals surface area contributed by atoms with E-state index in [1.165, 1.54) is 24.7 Å². The van der Waals surface area contributed by atoms with Gasteiger partial charge >= 0.3 is 6.18 Å². The summed E-state index contributed by atoms with van der Waals surface area (Å²) in [6, 6.07) is 0.519. The van der Waals surface area contributed by atoms with Gasteiger partial charge in [-0.2, -0.15) is 18.3 Å². The molecule has 41 heavy (non-hydrogen) atoms. The molecule has 2 saturated carbocycles. The first-order chi connectivity index (χ1) is 19.3. The number of carbonyl (C=O) groups is 2. The molecule has 0 unspecified atom stereocenters. The molecule has 3 N–H and O–H groups in total. The Morgan fingerprint density at radius 3 is 2.63 bits per heavy atom. The molecular weight excluding hydrogens is 578 g/mol. The Hall–Kier alpha value is -3.63. The summed E-state index contributed by atoms with van der Waals surface area (Å²) in [5, 5.41) is 19.6. The molecule has 3 aliphatic rings. The molecule has 0 saturated heterocycles. The first-order valence-electron chi connectivity index (χ1n) is 12.8. The molecule has 4 atom stereocenters. The lowest BCUT2D eigenvalue weighted by atomic mass is 9.91. The van der Waals surface area contributed by atoms with Crippen LogP contribution >= 0.6 is 11.3 Å². The molecule has 2 fully saturated rings. The molecule has 3 aromatic heterocycles. The van der Waals surface area contributed by atoms with Crippen LogP contribution in [0.15, 0.2) is 12.4 Å². The van der Waals surface area contributed by atoms with Gasteiger partial charge in [-0.15, -0.1) is 21.5 Å². The molecule has 0 aliphatic heterocycles. The van der Waals surface area contributed by atoms with E-state index in [0.29, 0.717) is 18.4 Å². The van der Waals surface area contributed by atoms with Gasteiger partial charge in [0.2, 0.25) is 11.9 Å². The predicted octanol–water partition coefficient (Wildman–Crippen LogP) is 4.25. The maximum Gasteiger partial charge on any atom is 0.435 e. The molecule has 0 radical (unpaired) electrons. The van der Waals surface area contributed by atoms with Crippen LogP contribution in [-0.4, -0.2) is 55.0 Å². The second-order valence-corrected chi connectivity index (χ2v) is 11.7. The van der Waals surface area contributed by atoms with E-state index in [-0.39, 0.29) is 54.2 Å². The average molecular weight is 603 g/mol. The summed E-state index contributed by atoms with van der Waals surface area (Å²) in [4.78, 5) is 26.6. The highest BCUT2D eigenvalue weighted by atomic mass is 32.1. The molecule has 3 aromatic rings. The van der Waals surface area contributed by atoms with E-state index in [4.69, 9.17) is 0 Å². The molecule has 17 heteroatoms. The number of nitrogens with zero attached hydrogens (tertiary/aromatic N) is 5. The van der Waals surface area contributed by atoms with Crippen molar-refractivity contribution >= 4 is 39.9 Å². The van der Waals surface area contributed by atoms with Crippen LogP contribution in [0.2, 0.25) is 0 Å². The highest BCUT2D eigenvalue weighted by Crippen LogP contribution is 2.48. The van der Waals surface area contributed by atoms with Gasteiger partial charge in [0.1, 0.15) is 23.3 Å². The van der Waals surface area contributed by atoms with Crippen molar-refractivity contribution in [3.8, 4) is 0 Å². The molecule has 3 aliphatic carbocycles. The van der Waals surface area contributed by atoms with Crippen molar-refractivity contribution in [2.75, 3.05) is 17.2 Å². The van der Waals surface area contributed by atoms with Crippen LogP contribution in [0.5, 0.6) is 0 Å². The van der Waals surface area contributed by atoms with Gasteiger partial charge in [-0.25, -0.2) is 13.2 Å². The van der Waals surface area contributed by atoms with Crippen molar-refractivity contribution in [1.82, 2.24) is 29.9 Å². The number of thiophene rings is 1. The van der Waals surface area contributed by atoms with Gasteiger partial charge in [-0.05, 0) is 31.2 Å².